The van der Waals surface area contributed by atoms with Gasteiger partial charge in [-0.3, -0.25) is 14.8 Å². The summed E-state index contributed by atoms with van der Waals surface area (Å²) in [6, 6.07) is 9.23. The molecule has 0 radical (unpaired) electrons. The van der Waals surface area contributed by atoms with Gasteiger partial charge in [-0.25, -0.2) is 13.8 Å². The Balaban J connectivity index is 1.78. The maximum absolute atomic E-state index is 13.9. The molecule has 1 amide bonds. The molecule has 0 unspecified atom stereocenters. The molecule has 4 aromatic rings. The lowest BCUT2D eigenvalue weighted by molar-refractivity contribution is -0.137. The van der Waals surface area contributed by atoms with Gasteiger partial charge in [0.1, 0.15) is 28.6 Å². The monoisotopic (exact) mass is 464 g/mol. The van der Waals surface area contributed by atoms with Gasteiger partial charge in [-0.2, -0.15) is 18.3 Å². The van der Waals surface area contributed by atoms with Crippen LogP contribution in [0, 0.1) is 11.6 Å². The number of halogens is 5. The zero-order chi connectivity index (χ0) is 23.0. The van der Waals surface area contributed by atoms with Gasteiger partial charge in [0.2, 0.25) is 0 Å². The molecule has 0 saturated heterocycles. The maximum Gasteiger partial charge on any atom is 0.416 e. The largest absolute Gasteiger partial charge is 0.416 e. The van der Waals surface area contributed by atoms with Gasteiger partial charge < -0.3 is 0 Å². The van der Waals surface area contributed by atoms with Crippen LogP contribution in [0.2, 0.25) is 0 Å². The lowest BCUT2D eigenvalue weighted by Gasteiger charge is -2.08. The van der Waals surface area contributed by atoms with E-state index in [2.05, 4.69) is 15.4 Å². The van der Waals surface area contributed by atoms with Crippen LogP contribution in [0.3, 0.4) is 0 Å². The van der Waals surface area contributed by atoms with E-state index in [0.29, 0.717) is 10.6 Å². The van der Waals surface area contributed by atoms with Crippen LogP contribution in [-0.4, -0.2) is 20.7 Å². The Morgan fingerprint density at radius 3 is 2.38 bits per heavy atom. The smallest absolute Gasteiger partial charge is 0.298 e. The lowest BCUT2D eigenvalue weighted by atomic mass is 10.1. The summed E-state index contributed by atoms with van der Waals surface area (Å²) < 4.78 is 68.9. The lowest BCUT2D eigenvalue weighted by Crippen LogP contribution is -2.15. The van der Waals surface area contributed by atoms with Crippen molar-refractivity contribution in [2.45, 2.75) is 6.18 Å². The van der Waals surface area contributed by atoms with Gasteiger partial charge in [0.15, 0.2) is 5.13 Å². The predicted molar refractivity (Wildman–Crippen MR) is 109 cm³/mol. The highest BCUT2D eigenvalue weighted by atomic mass is 32.1. The predicted octanol–water partition coefficient (Wildman–Crippen LogP) is 5.76. The van der Waals surface area contributed by atoms with E-state index in [4.69, 9.17) is 0 Å². The molecule has 0 saturated carbocycles. The molecule has 1 N–H and O–H groups in total. The van der Waals surface area contributed by atoms with Crippen LogP contribution in [0.25, 0.3) is 21.8 Å². The molecule has 4 rings (SSSR count). The number of anilines is 1. The first kappa shape index (κ1) is 21.6. The summed E-state index contributed by atoms with van der Waals surface area (Å²) in [6.45, 7) is 0. The molecule has 2 aromatic carbocycles. The number of nitrogens with one attached hydrogen (secondary N) is 1. The number of aryl methyl sites for hydroxylation is 1. The molecule has 0 spiro atoms. The van der Waals surface area contributed by atoms with Gasteiger partial charge in [0.25, 0.3) is 5.91 Å². The molecule has 0 bridgehead atoms. The van der Waals surface area contributed by atoms with Crippen LogP contribution in [0.5, 0.6) is 0 Å². The van der Waals surface area contributed by atoms with Gasteiger partial charge in [0.05, 0.1) is 10.4 Å². The number of carbonyl (C=O) groups is 1. The van der Waals surface area contributed by atoms with E-state index in [1.54, 1.807) is 19.3 Å². The summed E-state index contributed by atoms with van der Waals surface area (Å²) in [5.41, 5.74) is -0.861. The molecule has 0 aliphatic carbocycles. The fourth-order valence-corrected chi connectivity index (χ4v) is 3.96. The van der Waals surface area contributed by atoms with Crippen LogP contribution in [0.15, 0.2) is 54.7 Å². The van der Waals surface area contributed by atoms with E-state index < -0.39 is 34.8 Å². The second kappa shape index (κ2) is 8.15. The van der Waals surface area contributed by atoms with E-state index in [0.717, 1.165) is 41.7 Å². The molecule has 164 valence electrons. The molecule has 2 aromatic heterocycles. The molecular weight excluding hydrogens is 451 g/mol. The van der Waals surface area contributed by atoms with Crippen LogP contribution in [0.1, 0.15) is 15.9 Å². The zero-order valence-corrected chi connectivity index (χ0v) is 17.1. The number of alkyl halides is 3. The number of hydrogen-bond acceptors (Lipinski definition) is 4. The summed E-state index contributed by atoms with van der Waals surface area (Å²) in [4.78, 5) is 17.0. The number of benzene rings is 2. The molecule has 0 fully saturated rings. The first-order chi connectivity index (χ1) is 15.1. The Morgan fingerprint density at radius 2 is 1.75 bits per heavy atom. The molecule has 0 aliphatic heterocycles. The summed E-state index contributed by atoms with van der Waals surface area (Å²) in [6.07, 6.45) is -2.93. The van der Waals surface area contributed by atoms with Crippen molar-refractivity contribution in [2.75, 3.05) is 5.32 Å². The average molecular weight is 464 g/mol. The topological polar surface area (TPSA) is 59.8 Å². The van der Waals surface area contributed by atoms with E-state index in [-0.39, 0.29) is 16.4 Å². The Morgan fingerprint density at radius 1 is 1.06 bits per heavy atom. The molecule has 11 heteroatoms. The van der Waals surface area contributed by atoms with E-state index in [1.807, 2.05) is 0 Å². The highest BCUT2D eigenvalue weighted by Crippen LogP contribution is 2.40. The molecule has 32 heavy (non-hydrogen) atoms. The van der Waals surface area contributed by atoms with E-state index in [9.17, 15) is 26.7 Å². The molecule has 5 nitrogen and oxygen atoms in total. The van der Waals surface area contributed by atoms with Gasteiger partial charge in [-0.1, -0.05) is 29.5 Å². The Bertz CT molecular complexity index is 1290. The minimum atomic E-state index is -4.55. The SMILES string of the molecule is Cn1ccc(-c2nc(NC(=O)c3c(F)cccc3F)sc2-c2cccc(C(F)(F)F)c2)n1. The standard InChI is InChI=1S/C21H13F5N4OS/c1-30-9-8-15(29-30)17-18(11-4-2-5-12(10-11)21(24,25)26)32-20(27-17)28-19(31)16-13(22)6-3-7-14(16)23/h2-10H,1H3,(H,27,28,31). The Kier molecular flexibility index (Phi) is 5.51. The number of carbonyl (C=O) groups excluding carboxylic acids is 1. The zero-order valence-electron chi connectivity index (χ0n) is 16.2. The fourth-order valence-electron chi connectivity index (χ4n) is 3.00. The van der Waals surface area contributed by atoms with Crippen molar-refractivity contribution >= 4 is 22.4 Å². The van der Waals surface area contributed by atoms with E-state index >= 15 is 0 Å². The van der Waals surface area contributed by atoms with Crippen molar-refractivity contribution in [1.29, 1.82) is 0 Å². The number of nitrogens with zero attached hydrogens (tertiary/aromatic N) is 3. The van der Waals surface area contributed by atoms with Crippen molar-refractivity contribution in [3.05, 3.63) is 77.5 Å². The Labute approximate surface area is 182 Å². The molecular formula is C21H13F5N4OS. The highest BCUT2D eigenvalue weighted by Gasteiger charge is 2.31. The van der Waals surface area contributed by atoms with Crippen molar-refractivity contribution in [3.8, 4) is 21.8 Å². The second-order valence-electron chi connectivity index (χ2n) is 6.70. The normalized spacial score (nSPS) is 11.6. The van der Waals surface area contributed by atoms with Crippen molar-refractivity contribution in [3.63, 3.8) is 0 Å². The minimum Gasteiger partial charge on any atom is -0.298 e. The second-order valence-corrected chi connectivity index (χ2v) is 7.70. The molecule has 0 atom stereocenters. The maximum atomic E-state index is 13.9. The number of thiazole rings is 1. The number of aromatic nitrogens is 3. The van der Waals surface area contributed by atoms with E-state index in [1.165, 1.54) is 16.8 Å². The quantitative estimate of drug-likeness (QED) is 0.391. The van der Waals surface area contributed by atoms with Crippen molar-refractivity contribution < 1.29 is 26.7 Å². The third-order valence-corrected chi connectivity index (χ3v) is 5.47. The summed E-state index contributed by atoms with van der Waals surface area (Å²) in [5.74, 6) is -3.18. The summed E-state index contributed by atoms with van der Waals surface area (Å²) in [5, 5.41) is 6.50. The minimum absolute atomic E-state index is 0.0503. The third-order valence-electron chi connectivity index (χ3n) is 4.45. The Hall–Kier alpha value is -3.60. The van der Waals surface area contributed by atoms with Gasteiger partial charge in [-0.05, 0) is 35.9 Å². The van der Waals surface area contributed by atoms with Gasteiger partial charge in [-0.15, -0.1) is 0 Å². The van der Waals surface area contributed by atoms with Crippen LogP contribution in [-0.2, 0) is 13.2 Å². The average Bonchev–Trinajstić information content (AvgIpc) is 3.33. The van der Waals surface area contributed by atoms with Gasteiger partial charge >= 0.3 is 6.18 Å². The highest BCUT2D eigenvalue weighted by molar-refractivity contribution is 7.19. The summed E-state index contributed by atoms with van der Waals surface area (Å²) in [7, 11) is 1.66. The van der Waals surface area contributed by atoms with Crippen LogP contribution < -0.4 is 5.32 Å². The first-order valence-corrected chi connectivity index (χ1v) is 9.89. The van der Waals surface area contributed by atoms with Crippen LogP contribution >= 0.6 is 11.3 Å². The molecule has 0 aliphatic rings. The third kappa shape index (κ3) is 4.24. The number of rotatable bonds is 4. The van der Waals surface area contributed by atoms with Crippen molar-refractivity contribution in [2.24, 2.45) is 7.05 Å². The first-order valence-electron chi connectivity index (χ1n) is 9.07. The summed E-state index contributed by atoms with van der Waals surface area (Å²) >= 11 is 0.866. The van der Waals surface area contributed by atoms with Crippen molar-refractivity contribution in [1.82, 2.24) is 14.8 Å². The fraction of sp³-hybridized carbons (Fsp3) is 0.0952. The number of hydrogen-bond donors (Lipinski definition) is 1. The van der Waals surface area contributed by atoms with Gasteiger partial charge in [0, 0.05) is 13.2 Å². The van der Waals surface area contributed by atoms with Crippen LogP contribution in [0.4, 0.5) is 27.1 Å². The molecule has 2 heterocycles. The number of amides is 1.